The molecule has 196 valence electrons. The summed E-state index contributed by atoms with van der Waals surface area (Å²) in [6.45, 7) is 3.85. The molecule has 0 bridgehead atoms. The molecule has 0 atom stereocenters. The van der Waals surface area contributed by atoms with Crippen molar-refractivity contribution >= 4 is 67.1 Å². The fourth-order valence-corrected chi connectivity index (χ4v) is 5.53. The van der Waals surface area contributed by atoms with E-state index in [-0.39, 0.29) is 0 Å². The van der Waals surface area contributed by atoms with E-state index < -0.39 is 0 Å². The Morgan fingerprint density at radius 1 is 0.659 bits per heavy atom. The third kappa shape index (κ3) is 3.72. The minimum absolute atomic E-state index is 0.682. The Balaban J connectivity index is 1.19. The molecule has 0 unspecified atom stereocenters. The number of rotatable bonds is 5. The van der Waals surface area contributed by atoms with E-state index in [4.69, 9.17) is 18.0 Å². The van der Waals surface area contributed by atoms with Crippen LogP contribution in [0.3, 0.4) is 0 Å². The number of hydrogen-bond donors (Lipinski definition) is 0. The average Bonchev–Trinajstić information content (AvgIpc) is 3.67. The predicted octanol–water partition coefficient (Wildman–Crippen LogP) is 9.78. The SMILES string of the molecule is C=Cc1oc2ccc(Oc3ccc4oc5ccc(-c6ccc7oc8ccncc8c7c6)cc5c4c3)cc2c1/C=N\C. The Labute approximate surface area is 233 Å². The summed E-state index contributed by atoms with van der Waals surface area (Å²) in [5, 5.41) is 4.96. The van der Waals surface area contributed by atoms with Gasteiger partial charge in [0.05, 0.1) is 0 Å². The zero-order chi connectivity index (χ0) is 27.5. The van der Waals surface area contributed by atoms with Gasteiger partial charge in [-0.2, -0.15) is 0 Å². The molecule has 0 fully saturated rings. The van der Waals surface area contributed by atoms with Crippen molar-refractivity contribution in [2.45, 2.75) is 0 Å². The summed E-state index contributed by atoms with van der Waals surface area (Å²) in [7, 11) is 1.73. The Morgan fingerprint density at radius 2 is 1.22 bits per heavy atom. The molecular weight excluding hydrogens is 512 g/mol. The first-order valence-electron chi connectivity index (χ1n) is 13.2. The van der Waals surface area contributed by atoms with Crippen molar-refractivity contribution in [1.29, 1.82) is 0 Å². The van der Waals surface area contributed by atoms with E-state index in [1.165, 1.54) is 0 Å². The first-order chi connectivity index (χ1) is 20.2. The molecule has 6 nitrogen and oxygen atoms in total. The lowest BCUT2D eigenvalue weighted by Crippen LogP contribution is -1.85. The molecule has 6 heteroatoms. The number of benzene rings is 4. The normalized spacial score (nSPS) is 12.0. The summed E-state index contributed by atoms with van der Waals surface area (Å²) in [6, 6.07) is 26.1. The first kappa shape index (κ1) is 23.3. The topological polar surface area (TPSA) is 73.9 Å². The summed E-state index contributed by atoms with van der Waals surface area (Å²) in [4.78, 5) is 8.45. The lowest BCUT2D eigenvalue weighted by atomic mass is 10.0. The number of furan rings is 3. The minimum atomic E-state index is 0.682. The quantitative estimate of drug-likeness (QED) is 0.205. The third-order valence-corrected chi connectivity index (χ3v) is 7.45. The summed E-state index contributed by atoms with van der Waals surface area (Å²) >= 11 is 0. The number of fused-ring (bicyclic) bond motifs is 7. The number of nitrogens with zero attached hydrogens (tertiary/aromatic N) is 2. The fourth-order valence-electron chi connectivity index (χ4n) is 5.53. The van der Waals surface area contributed by atoms with Crippen molar-refractivity contribution in [3.8, 4) is 22.6 Å². The van der Waals surface area contributed by atoms with Crippen molar-refractivity contribution in [3.63, 3.8) is 0 Å². The Hall–Kier alpha value is -5.62. The Morgan fingerprint density at radius 3 is 1.88 bits per heavy atom. The highest BCUT2D eigenvalue weighted by Crippen LogP contribution is 2.38. The number of aromatic nitrogens is 1. The Kier molecular flexibility index (Phi) is 5.09. The van der Waals surface area contributed by atoms with Crippen LogP contribution >= 0.6 is 0 Å². The standard InChI is InChI=1S/C35H22N2O4/c1-3-30-28(18-36-2)27-17-23(7-11-34(27)39-30)38-22-6-10-33-26(16-22)24-14-20(4-8-31(24)40-33)21-5-9-32-25(15-21)29-19-37-13-12-35(29)41-32/h3-19H,1H2,2H3/b36-18-. The molecule has 4 heterocycles. The van der Waals surface area contributed by atoms with E-state index in [1.54, 1.807) is 25.5 Å². The van der Waals surface area contributed by atoms with Crippen LogP contribution < -0.4 is 4.74 Å². The van der Waals surface area contributed by atoms with Gasteiger partial charge in [0.15, 0.2) is 0 Å². The lowest BCUT2D eigenvalue weighted by molar-refractivity contribution is 0.483. The summed E-state index contributed by atoms with van der Waals surface area (Å²) in [5.41, 5.74) is 7.10. The van der Waals surface area contributed by atoms with Crippen LogP contribution in [0.4, 0.5) is 0 Å². The number of hydrogen-bond acceptors (Lipinski definition) is 6. The molecule has 8 aromatic rings. The molecule has 0 amide bonds. The number of aliphatic imine (C=N–C) groups is 1. The van der Waals surface area contributed by atoms with Crippen LogP contribution in [-0.4, -0.2) is 18.2 Å². The van der Waals surface area contributed by atoms with Crippen LogP contribution in [0.25, 0.3) is 72.0 Å². The molecule has 41 heavy (non-hydrogen) atoms. The summed E-state index contributed by atoms with van der Waals surface area (Å²) in [6.07, 6.45) is 7.06. The van der Waals surface area contributed by atoms with Gasteiger partial charge in [0.1, 0.15) is 45.2 Å². The van der Waals surface area contributed by atoms with Gasteiger partial charge >= 0.3 is 0 Å². The smallest absolute Gasteiger partial charge is 0.138 e. The maximum atomic E-state index is 6.31. The molecule has 0 saturated carbocycles. The minimum Gasteiger partial charge on any atom is -0.457 e. The summed E-state index contributed by atoms with van der Waals surface area (Å²) in [5.74, 6) is 2.09. The second kappa shape index (κ2) is 8.96. The molecular formula is C35H22N2O4. The van der Waals surface area contributed by atoms with Crippen molar-refractivity contribution in [1.82, 2.24) is 4.98 Å². The molecule has 0 radical (unpaired) electrons. The maximum absolute atomic E-state index is 6.31. The van der Waals surface area contributed by atoms with Gasteiger partial charge in [-0.05, 0) is 83.9 Å². The van der Waals surface area contributed by atoms with E-state index in [0.29, 0.717) is 17.3 Å². The average molecular weight is 535 g/mol. The number of ether oxygens (including phenoxy) is 1. The van der Waals surface area contributed by atoms with Crippen LogP contribution in [0.15, 0.2) is 116 Å². The molecule has 8 rings (SSSR count). The van der Waals surface area contributed by atoms with E-state index in [1.807, 2.05) is 60.8 Å². The highest BCUT2D eigenvalue weighted by molar-refractivity contribution is 6.09. The van der Waals surface area contributed by atoms with Crippen LogP contribution in [0.2, 0.25) is 0 Å². The highest BCUT2D eigenvalue weighted by Gasteiger charge is 2.14. The van der Waals surface area contributed by atoms with Crippen LogP contribution in [0.5, 0.6) is 11.5 Å². The van der Waals surface area contributed by atoms with Gasteiger partial charge in [0.25, 0.3) is 0 Å². The van der Waals surface area contributed by atoms with Gasteiger partial charge in [-0.15, -0.1) is 0 Å². The molecule has 0 spiro atoms. The van der Waals surface area contributed by atoms with Crippen molar-refractivity contribution < 1.29 is 18.0 Å². The van der Waals surface area contributed by atoms with Gasteiger partial charge in [-0.3, -0.25) is 9.98 Å². The lowest BCUT2D eigenvalue weighted by Gasteiger charge is -2.06. The van der Waals surface area contributed by atoms with Gasteiger partial charge in [0, 0.05) is 58.2 Å². The highest BCUT2D eigenvalue weighted by atomic mass is 16.5. The molecule has 4 aromatic heterocycles. The second-order valence-electron chi connectivity index (χ2n) is 9.89. The van der Waals surface area contributed by atoms with Crippen molar-refractivity contribution in [2.24, 2.45) is 4.99 Å². The monoisotopic (exact) mass is 534 g/mol. The van der Waals surface area contributed by atoms with Crippen molar-refractivity contribution in [2.75, 3.05) is 7.05 Å². The molecule has 4 aromatic carbocycles. The summed E-state index contributed by atoms with van der Waals surface area (Å²) < 4.78 is 24.4. The van der Waals surface area contributed by atoms with Crippen molar-refractivity contribution in [3.05, 3.63) is 109 Å². The second-order valence-corrected chi connectivity index (χ2v) is 9.89. The Bertz CT molecular complexity index is 2330. The fraction of sp³-hybridized carbons (Fsp3) is 0.0286. The van der Waals surface area contributed by atoms with E-state index in [0.717, 1.165) is 71.5 Å². The molecule has 0 aliphatic rings. The zero-order valence-electron chi connectivity index (χ0n) is 22.0. The zero-order valence-corrected chi connectivity index (χ0v) is 22.0. The van der Waals surface area contributed by atoms with Crippen LogP contribution in [-0.2, 0) is 0 Å². The largest absolute Gasteiger partial charge is 0.457 e. The van der Waals surface area contributed by atoms with Gasteiger partial charge in [-0.1, -0.05) is 18.7 Å². The molecule has 0 aliphatic heterocycles. The first-order valence-corrected chi connectivity index (χ1v) is 13.2. The maximum Gasteiger partial charge on any atom is 0.138 e. The van der Waals surface area contributed by atoms with Gasteiger partial charge in [0.2, 0.25) is 0 Å². The van der Waals surface area contributed by atoms with Crippen LogP contribution in [0.1, 0.15) is 11.3 Å². The third-order valence-electron chi connectivity index (χ3n) is 7.45. The van der Waals surface area contributed by atoms with Crippen LogP contribution in [0, 0.1) is 0 Å². The molecule has 0 saturated heterocycles. The van der Waals surface area contributed by atoms with E-state index in [9.17, 15) is 0 Å². The molecule has 0 N–H and O–H groups in total. The van der Waals surface area contributed by atoms with Gasteiger partial charge in [-0.25, -0.2) is 0 Å². The van der Waals surface area contributed by atoms with Gasteiger partial charge < -0.3 is 18.0 Å². The van der Waals surface area contributed by atoms with E-state index >= 15 is 0 Å². The molecule has 0 aliphatic carbocycles. The van der Waals surface area contributed by atoms with E-state index in [2.05, 4.69) is 40.8 Å². The predicted molar refractivity (Wildman–Crippen MR) is 164 cm³/mol. The number of pyridine rings is 1.